The molecule has 0 saturated heterocycles. The van der Waals surface area contributed by atoms with Crippen LogP contribution in [0.5, 0.6) is 0 Å². The highest BCUT2D eigenvalue weighted by atomic mass is 16.6. The molecule has 0 spiro atoms. The third kappa shape index (κ3) is 12.4. The fourth-order valence-electron chi connectivity index (χ4n) is 12.3. The predicted octanol–water partition coefficient (Wildman–Crippen LogP) is 9.19. The van der Waals surface area contributed by atoms with E-state index in [1.54, 1.807) is 0 Å². The number of methoxy groups -OCH3 is 1. The lowest BCUT2D eigenvalue weighted by atomic mass is 9.87. The van der Waals surface area contributed by atoms with Crippen molar-refractivity contribution in [3.8, 4) is 0 Å². The highest BCUT2D eigenvalue weighted by Gasteiger charge is 2.41. The first kappa shape index (κ1) is 43.9. The number of ketones is 5. The van der Waals surface area contributed by atoms with E-state index in [-0.39, 0.29) is 83.0 Å². The summed E-state index contributed by atoms with van der Waals surface area (Å²) in [6, 6.07) is 0. The number of Topliss-reactive ketones (excluding diaryl/α,β-unsaturated/α-hetero) is 5. The van der Waals surface area contributed by atoms with Gasteiger partial charge >= 0.3 is 11.9 Å². The van der Waals surface area contributed by atoms with Crippen LogP contribution in [0.3, 0.4) is 0 Å². The molecule has 0 aromatic rings. The Kier molecular flexibility index (Phi) is 15.1. The van der Waals surface area contributed by atoms with Gasteiger partial charge in [0.2, 0.25) is 0 Å². The molecule has 0 radical (unpaired) electrons. The SMILES string of the molecule is COC(=O)[C@H]1CC[C@H](CC(=O)[C@H]2CC[C@H](CC(=O)[C@H]3CC[C@H](CC(=O)[C@H]4CC[C@H](CC(=O)[C@H]5CC[C@H](CC(=O)[C@H]6CC[C@H](CC(=O)OC(C)(C)C)C6)C5)C4)C3)C2)C1. The van der Waals surface area contributed by atoms with Crippen molar-refractivity contribution in [2.24, 2.45) is 71.0 Å². The van der Waals surface area contributed by atoms with E-state index in [9.17, 15) is 33.6 Å². The minimum absolute atomic E-state index is 0.0254. The lowest BCUT2D eigenvalue weighted by molar-refractivity contribution is -0.156. The van der Waals surface area contributed by atoms with Crippen LogP contribution in [0.1, 0.15) is 175 Å². The largest absolute Gasteiger partial charge is 0.469 e. The van der Waals surface area contributed by atoms with Crippen molar-refractivity contribution in [2.45, 2.75) is 180 Å². The van der Waals surface area contributed by atoms with Gasteiger partial charge < -0.3 is 9.47 Å². The van der Waals surface area contributed by atoms with Crippen LogP contribution >= 0.6 is 0 Å². The monoisotopic (exact) mass is 793 g/mol. The number of rotatable bonds is 18. The van der Waals surface area contributed by atoms with E-state index in [1.165, 1.54) is 7.11 Å². The van der Waals surface area contributed by atoms with E-state index in [4.69, 9.17) is 9.47 Å². The number of ether oxygens (including phenoxy) is 2. The molecule has 0 unspecified atom stereocenters. The molecule has 6 aliphatic carbocycles. The topological polar surface area (TPSA) is 138 Å². The second-order valence-corrected chi connectivity index (χ2v) is 20.9. The summed E-state index contributed by atoms with van der Waals surface area (Å²) in [5.74, 6) is 2.88. The average molecular weight is 793 g/mol. The Morgan fingerprint density at radius 2 is 0.632 bits per heavy atom. The fourth-order valence-corrected chi connectivity index (χ4v) is 12.3. The summed E-state index contributed by atoms with van der Waals surface area (Å²) >= 11 is 0. The van der Waals surface area contributed by atoms with Gasteiger partial charge in [0.1, 0.15) is 34.5 Å². The molecule has 318 valence electrons. The molecular formula is C48H72O9. The van der Waals surface area contributed by atoms with Crippen LogP contribution in [0.15, 0.2) is 0 Å². The van der Waals surface area contributed by atoms with E-state index < -0.39 is 5.60 Å². The number of hydrogen-bond acceptors (Lipinski definition) is 9. The first-order chi connectivity index (χ1) is 27.1. The van der Waals surface area contributed by atoms with Crippen molar-refractivity contribution < 1.29 is 43.0 Å². The molecule has 6 rings (SSSR count). The van der Waals surface area contributed by atoms with Gasteiger partial charge in [0.15, 0.2) is 0 Å². The number of esters is 2. The molecule has 9 nitrogen and oxygen atoms in total. The number of hydrogen-bond donors (Lipinski definition) is 0. The summed E-state index contributed by atoms with van der Waals surface area (Å²) in [5.41, 5.74) is -0.494. The maximum Gasteiger partial charge on any atom is 0.308 e. The Bertz CT molecular complexity index is 1490. The van der Waals surface area contributed by atoms with Crippen LogP contribution in [0.25, 0.3) is 0 Å². The summed E-state index contributed by atoms with van der Waals surface area (Å²) < 4.78 is 10.4. The van der Waals surface area contributed by atoms with Gasteiger partial charge in [0.25, 0.3) is 0 Å². The Morgan fingerprint density at radius 1 is 0.386 bits per heavy atom. The second kappa shape index (κ2) is 19.6. The van der Waals surface area contributed by atoms with Crippen LogP contribution < -0.4 is 0 Å². The maximum absolute atomic E-state index is 13.4. The molecule has 0 N–H and O–H groups in total. The van der Waals surface area contributed by atoms with Gasteiger partial charge in [0, 0.05) is 68.1 Å². The highest BCUT2D eigenvalue weighted by Crippen LogP contribution is 2.44. The predicted molar refractivity (Wildman–Crippen MR) is 216 cm³/mol. The summed E-state index contributed by atoms with van der Waals surface area (Å²) in [4.78, 5) is 90.6. The molecule has 6 fully saturated rings. The third-order valence-corrected chi connectivity index (χ3v) is 15.4. The first-order valence-corrected chi connectivity index (χ1v) is 23.1. The summed E-state index contributed by atoms with van der Waals surface area (Å²) in [6.45, 7) is 5.62. The molecule has 6 saturated carbocycles. The zero-order valence-electron chi connectivity index (χ0n) is 35.6. The van der Waals surface area contributed by atoms with Gasteiger partial charge in [-0.1, -0.05) is 0 Å². The number of carbonyl (C=O) groups is 7. The molecule has 57 heavy (non-hydrogen) atoms. The molecule has 0 aromatic heterocycles. The molecule has 12 atom stereocenters. The molecule has 0 bridgehead atoms. The lowest BCUT2D eigenvalue weighted by Gasteiger charge is -2.20. The smallest absolute Gasteiger partial charge is 0.308 e. The number of carbonyl (C=O) groups excluding carboxylic acids is 7. The molecule has 9 heteroatoms. The zero-order chi connectivity index (χ0) is 40.9. The van der Waals surface area contributed by atoms with E-state index in [0.29, 0.717) is 67.4 Å². The maximum atomic E-state index is 13.4. The molecular weight excluding hydrogens is 721 g/mol. The van der Waals surface area contributed by atoms with Crippen molar-refractivity contribution >= 4 is 40.9 Å². The van der Waals surface area contributed by atoms with Crippen molar-refractivity contribution in [3.63, 3.8) is 0 Å². The van der Waals surface area contributed by atoms with Crippen molar-refractivity contribution in [1.29, 1.82) is 0 Å². The van der Waals surface area contributed by atoms with Crippen molar-refractivity contribution in [1.82, 2.24) is 0 Å². The van der Waals surface area contributed by atoms with Gasteiger partial charge in [-0.05, 0) is 172 Å². The quantitative estimate of drug-likeness (QED) is 0.124. The zero-order valence-corrected chi connectivity index (χ0v) is 35.6. The second-order valence-electron chi connectivity index (χ2n) is 20.9. The van der Waals surface area contributed by atoms with E-state index in [2.05, 4.69) is 0 Å². The molecule has 0 amide bonds. The van der Waals surface area contributed by atoms with Gasteiger partial charge in [-0.15, -0.1) is 0 Å². The van der Waals surface area contributed by atoms with Crippen LogP contribution in [0, 0.1) is 71.0 Å². The first-order valence-electron chi connectivity index (χ1n) is 23.1. The van der Waals surface area contributed by atoms with Crippen molar-refractivity contribution in [3.05, 3.63) is 0 Å². The standard InChI is InChI=1S/C48H72O9/c1-48(2,3)57-46(54)28-34-9-15-39(21-34)44(52)26-32-7-13-37(19-32)42(50)24-30-5-11-35(17-30)41(49)23-29-6-12-36(18-29)43(51)25-31-8-14-38(20-31)45(53)27-33-10-16-40(22-33)47(55)56-4/h29-40H,5-28H2,1-4H3/t29-,30-,31-,32-,33-,34-,35-,36-,37-,38-,39-,40-/m0/s1. The van der Waals surface area contributed by atoms with E-state index in [1.807, 2.05) is 20.8 Å². The van der Waals surface area contributed by atoms with Gasteiger partial charge in [0.05, 0.1) is 13.0 Å². The summed E-state index contributed by atoms with van der Waals surface area (Å²) in [6.07, 6.45) is 18.5. The van der Waals surface area contributed by atoms with E-state index in [0.717, 1.165) is 116 Å². The Balaban J connectivity index is 0.834. The summed E-state index contributed by atoms with van der Waals surface area (Å²) in [7, 11) is 1.42. The molecule has 6 aliphatic rings. The van der Waals surface area contributed by atoms with Gasteiger partial charge in [-0.2, -0.15) is 0 Å². The van der Waals surface area contributed by atoms with Gasteiger partial charge in [-0.3, -0.25) is 33.6 Å². The molecule has 0 heterocycles. The molecule has 0 aromatic carbocycles. The third-order valence-electron chi connectivity index (χ3n) is 15.4. The van der Waals surface area contributed by atoms with Crippen LogP contribution in [-0.4, -0.2) is 53.6 Å². The van der Waals surface area contributed by atoms with Crippen molar-refractivity contribution in [2.75, 3.05) is 7.11 Å². The normalized spacial score (nSPS) is 35.4. The Morgan fingerprint density at radius 3 is 0.895 bits per heavy atom. The molecule has 0 aliphatic heterocycles. The minimum Gasteiger partial charge on any atom is -0.469 e. The summed E-state index contributed by atoms with van der Waals surface area (Å²) in [5, 5.41) is 0. The van der Waals surface area contributed by atoms with Crippen LogP contribution in [0.2, 0.25) is 0 Å². The average Bonchev–Trinajstić information content (AvgIpc) is 3.99. The van der Waals surface area contributed by atoms with Crippen LogP contribution in [0.4, 0.5) is 0 Å². The van der Waals surface area contributed by atoms with Gasteiger partial charge in [-0.25, -0.2) is 0 Å². The van der Waals surface area contributed by atoms with Crippen LogP contribution in [-0.2, 0) is 43.0 Å². The van der Waals surface area contributed by atoms with E-state index >= 15 is 0 Å². The lowest BCUT2D eigenvalue weighted by Crippen LogP contribution is -2.25. The highest BCUT2D eigenvalue weighted by molar-refractivity contribution is 5.85. The Labute approximate surface area is 341 Å². The fraction of sp³-hybridized carbons (Fsp3) is 0.854. The minimum atomic E-state index is -0.494. The Hall–Kier alpha value is -2.71.